The standard InChI is InChI=1S/C22H18ClN3O/c1-14-4-2-3-5-19(14)26-22(27)24-18-9-6-15(7-10-18)21-13-16-12-17(23)8-11-20(16)25-21/h2-13,25H,1H3,(H2,24,26,27). The topological polar surface area (TPSA) is 56.9 Å². The van der Waals surface area contributed by atoms with Crippen LogP contribution < -0.4 is 10.6 Å². The molecule has 4 aromatic rings. The minimum absolute atomic E-state index is 0.266. The summed E-state index contributed by atoms with van der Waals surface area (Å²) in [7, 11) is 0. The second-order valence-corrected chi connectivity index (χ2v) is 6.82. The van der Waals surface area contributed by atoms with E-state index in [9.17, 15) is 4.79 Å². The second-order valence-electron chi connectivity index (χ2n) is 6.39. The molecule has 0 saturated carbocycles. The zero-order chi connectivity index (χ0) is 18.8. The quantitative estimate of drug-likeness (QED) is 0.379. The Balaban J connectivity index is 1.48. The van der Waals surface area contributed by atoms with Gasteiger partial charge in [0, 0.05) is 33.0 Å². The first-order chi connectivity index (χ1) is 13.1. The van der Waals surface area contributed by atoms with Crippen LogP contribution in [-0.2, 0) is 0 Å². The second kappa shape index (κ2) is 7.17. The summed E-state index contributed by atoms with van der Waals surface area (Å²) in [5.74, 6) is 0. The van der Waals surface area contributed by atoms with Gasteiger partial charge in [0.15, 0.2) is 0 Å². The molecule has 4 nitrogen and oxygen atoms in total. The van der Waals surface area contributed by atoms with Gasteiger partial charge in [-0.05, 0) is 60.5 Å². The average Bonchev–Trinajstić information content (AvgIpc) is 3.07. The smallest absolute Gasteiger partial charge is 0.323 e. The van der Waals surface area contributed by atoms with Crippen LogP contribution in [0.25, 0.3) is 22.2 Å². The third kappa shape index (κ3) is 3.81. The molecule has 2 amide bonds. The van der Waals surface area contributed by atoms with Crippen LogP contribution in [-0.4, -0.2) is 11.0 Å². The molecule has 0 unspecified atom stereocenters. The van der Waals surface area contributed by atoms with Crippen LogP contribution in [0.1, 0.15) is 5.56 Å². The molecule has 4 rings (SSSR count). The number of amides is 2. The van der Waals surface area contributed by atoms with Crippen LogP contribution in [0.4, 0.5) is 16.2 Å². The molecule has 27 heavy (non-hydrogen) atoms. The van der Waals surface area contributed by atoms with Crippen LogP contribution in [0, 0.1) is 6.92 Å². The summed E-state index contributed by atoms with van der Waals surface area (Å²) in [6.45, 7) is 1.96. The van der Waals surface area contributed by atoms with Crippen molar-refractivity contribution in [1.29, 1.82) is 0 Å². The summed E-state index contributed by atoms with van der Waals surface area (Å²) >= 11 is 6.05. The van der Waals surface area contributed by atoms with Crippen molar-refractivity contribution in [3.8, 4) is 11.3 Å². The summed E-state index contributed by atoms with van der Waals surface area (Å²) in [6, 6.07) is 22.9. The largest absolute Gasteiger partial charge is 0.355 e. The number of nitrogens with one attached hydrogen (secondary N) is 3. The molecule has 3 aromatic carbocycles. The molecule has 0 aliphatic rings. The van der Waals surface area contributed by atoms with E-state index in [2.05, 4.69) is 21.7 Å². The highest BCUT2D eigenvalue weighted by molar-refractivity contribution is 6.31. The van der Waals surface area contributed by atoms with Crippen LogP contribution in [0.2, 0.25) is 5.02 Å². The maximum atomic E-state index is 12.2. The number of aromatic nitrogens is 1. The van der Waals surface area contributed by atoms with E-state index in [1.54, 1.807) is 0 Å². The van der Waals surface area contributed by atoms with E-state index in [1.165, 1.54) is 0 Å². The minimum Gasteiger partial charge on any atom is -0.355 e. The minimum atomic E-state index is -0.266. The number of anilines is 2. The van der Waals surface area contributed by atoms with E-state index >= 15 is 0 Å². The molecular weight excluding hydrogens is 358 g/mol. The number of hydrogen-bond acceptors (Lipinski definition) is 1. The lowest BCUT2D eigenvalue weighted by atomic mass is 10.1. The van der Waals surface area contributed by atoms with E-state index in [1.807, 2.05) is 73.7 Å². The van der Waals surface area contributed by atoms with Gasteiger partial charge in [-0.15, -0.1) is 0 Å². The van der Waals surface area contributed by atoms with Gasteiger partial charge in [0.25, 0.3) is 0 Å². The Hall–Kier alpha value is -3.24. The number of hydrogen-bond donors (Lipinski definition) is 3. The molecule has 3 N–H and O–H groups in total. The SMILES string of the molecule is Cc1ccccc1NC(=O)Nc1ccc(-c2cc3cc(Cl)ccc3[nH]2)cc1. The highest BCUT2D eigenvalue weighted by atomic mass is 35.5. The predicted molar refractivity (Wildman–Crippen MR) is 113 cm³/mol. The molecule has 0 spiro atoms. The van der Waals surface area contributed by atoms with Crippen molar-refractivity contribution < 1.29 is 4.79 Å². The molecule has 0 saturated heterocycles. The molecule has 0 bridgehead atoms. The lowest BCUT2D eigenvalue weighted by molar-refractivity contribution is 0.262. The van der Waals surface area contributed by atoms with Crippen molar-refractivity contribution in [3.05, 3.63) is 83.4 Å². The zero-order valence-electron chi connectivity index (χ0n) is 14.7. The number of aromatic amines is 1. The number of para-hydroxylation sites is 1. The van der Waals surface area contributed by atoms with Gasteiger partial charge in [0.2, 0.25) is 0 Å². The maximum Gasteiger partial charge on any atom is 0.323 e. The summed E-state index contributed by atoms with van der Waals surface area (Å²) < 4.78 is 0. The Morgan fingerprint density at radius 3 is 2.48 bits per heavy atom. The fraction of sp³-hybridized carbons (Fsp3) is 0.0455. The Morgan fingerprint density at radius 2 is 1.70 bits per heavy atom. The van der Waals surface area contributed by atoms with Gasteiger partial charge in [-0.25, -0.2) is 4.79 Å². The van der Waals surface area contributed by atoms with Gasteiger partial charge >= 0.3 is 6.03 Å². The lowest BCUT2D eigenvalue weighted by Gasteiger charge is -2.10. The number of H-pyrrole nitrogens is 1. The van der Waals surface area contributed by atoms with E-state index in [4.69, 9.17) is 11.6 Å². The molecule has 0 atom stereocenters. The van der Waals surface area contributed by atoms with E-state index < -0.39 is 0 Å². The number of aryl methyl sites for hydroxylation is 1. The first kappa shape index (κ1) is 17.2. The molecule has 134 valence electrons. The van der Waals surface area contributed by atoms with Crippen LogP contribution in [0.3, 0.4) is 0 Å². The van der Waals surface area contributed by atoms with E-state index in [0.717, 1.165) is 39.1 Å². The fourth-order valence-electron chi connectivity index (χ4n) is 2.99. The number of rotatable bonds is 3. The van der Waals surface area contributed by atoms with Gasteiger partial charge in [0.05, 0.1) is 0 Å². The highest BCUT2D eigenvalue weighted by Gasteiger charge is 2.07. The number of carbonyl (C=O) groups excluding carboxylic acids is 1. The van der Waals surface area contributed by atoms with Crippen molar-refractivity contribution in [2.45, 2.75) is 6.92 Å². The van der Waals surface area contributed by atoms with E-state index in [0.29, 0.717) is 5.02 Å². The van der Waals surface area contributed by atoms with Crippen LogP contribution in [0.5, 0.6) is 0 Å². The Bertz CT molecular complexity index is 1120. The number of urea groups is 1. The van der Waals surface area contributed by atoms with Crippen molar-refractivity contribution in [2.75, 3.05) is 10.6 Å². The highest BCUT2D eigenvalue weighted by Crippen LogP contribution is 2.27. The fourth-order valence-corrected chi connectivity index (χ4v) is 3.17. The number of fused-ring (bicyclic) bond motifs is 1. The molecule has 0 radical (unpaired) electrons. The van der Waals surface area contributed by atoms with E-state index in [-0.39, 0.29) is 6.03 Å². The summed E-state index contributed by atoms with van der Waals surface area (Å²) in [6.07, 6.45) is 0. The summed E-state index contributed by atoms with van der Waals surface area (Å²) in [4.78, 5) is 15.6. The Morgan fingerprint density at radius 1 is 0.926 bits per heavy atom. The first-order valence-electron chi connectivity index (χ1n) is 8.61. The molecule has 0 fully saturated rings. The Labute approximate surface area is 162 Å². The normalized spacial score (nSPS) is 10.7. The molecule has 1 heterocycles. The van der Waals surface area contributed by atoms with Crippen molar-refractivity contribution >= 4 is 39.9 Å². The molecule has 1 aromatic heterocycles. The van der Waals surface area contributed by atoms with Gasteiger partial charge < -0.3 is 15.6 Å². The lowest BCUT2D eigenvalue weighted by Crippen LogP contribution is -2.19. The molecule has 0 aliphatic carbocycles. The third-order valence-corrected chi connectivity index (χ3v) is 4.66. The third-order valence-electron chi connectivity index (χ3n) is 4.43. The molecular formula is C22H18ClN3O. The number of benzene rings is 3. The van der Waals surface area contributed by atoms with Crippen molar-refractivity contribution in [3.63, 3.8) is 0 Å². The monoisotopic (exact) mass is 375 g/mol. The zero-order valence-corrected chi connectivity index (χ0v) is 15.5. The average molecular weight is 376 g/mol. The molecule has 0 aliphatic heterocycles. The van der Waals surface area contributed by atoms with Crippen LogP contribution >= 0.6 is 11.6 Å². The summed E-state index contributed by atoms with van der Waals surface area (Å²) in [5.41, 5.74) is 5.61. The Kier molecular flexibility index (Phi) is 4.57. The summed E-state index contributed by atoms with van der Waals surface area (Å²) in [5, 5.41) is 7.49. The number of halogens is 1. The van der Waals surface area contributed by atoms with Gasteiger partial charge in [0.1, 0.15) is 0 Å². The van der Waals surface area contributed by atoms with Gasteiger partial charge in [-0.1, -0.05) is 41.9 Å². The van der Waals surface area contributed by atoms with Crippen LogP contribution in [0.15, 0.2) is 72.8 Å². The maximum absolute atomic E-state index is 12.2. The van der Waals surface area contributed by atoms with Crippen molar-refractivity contribution in [1.82, 2.24) is 4.98 Å². The molecule has 5 heteroatoms. The predicted octanol–water partition coefficient (Wildman–Crippen LogP) is 6.44. The number of carbonyl (C=O) groups is 1. The van der Waals surface area contributed by atoms with Crippen molar-refractivity contribution in [2.24, 2.45) is 0 Å². The van der Waals surface area contributed by atoms with Gasteiger partial charge in [-0.3, -0.25) is 0 Å². The first-order valence-corrected chi connectivity index (χ1v) is 8.99. The van der Waals surface area contributed by atoms with Gasteiger partial charge in [-0.2, -0.15) is 0 Å².